The molecule has 0 aliphatic carbocycles. The van der Waals surface area contributed by atoms with Gasteiger partial charge in [-0.25, -0.2) is 10.2 Å². The largest absolute Gasteiger partial charge is 0.490 e. The Labute approximate surface area is 186 Å². The molecule has 0 heterocycles. The summed E-state index contributed by atoms with van der Waals surface area (Å²) in [5, 5.41) is 3.94. The van der Waals surface area contributed by atoms with Crippen molar-refractivity contribution >= 4 is 18.1 Å². The fourth-order valence-corrected chi connectivity index (χ4v) is 2.69. The number of carbonyl (C=O) groups is 2. The topological polar surface area (TPSA) is 86.2 Å². The highest BCUT2D eigenvalue weighted by Crippen LogP contribution is 2.29. The number of amides is 1. The second kappa shape index (κ2) is 11.3. The number of hydrogen-bond donors (Lipinski definition) is 1. The number of nitrogens with zero attached hydrogens (tertiary/aromatic N) is 1. The van der Waals surface area contributed by atoms with Crippen LogP contribution in [0, 0.1) is 6.92 Å². The monoisotopic (exact) mass is 432 g/mol. The molecule has 32 heavy (non-hydrogen) atoms. The van der Waals surface area contributed by atoms with E-state index in [1.54, 1.807) is 54.6 Å². The zero-order valence-corrected chi connectivity index (χ0v) is 17.9. The summed E-state index contributed by atoms with van der Waals surface area (Å²) in [5.74, 6) is 0.439. The van der Waals surface area contributed by atoms with Crippen LogP contribution >= 0.6 is 0 Å². The highest BCUT2D eigenvalue weighted by atomic mass is 16.6. The molecule has 1 amide bonds. The molecule has 3 aromatic rings. The minimum atomic E-state index is -0.478. The molecule has 0 fully saturated rings. The Morgan fingerprint density at radius 2 is 1.69 bits per heavy atom. The van der Waals surface area contributed by atoms with E-state index in [2.05, 4.69) is 10.5 Å². The molecule has 0 spiro atoms. The fraction of sp³-hybridized carbons (Fsp3) is 0.160. The first-order valence-electron chi connectivity index (χ1n) is 10.1. The van der Waals surface area contributed by atoms with Crippen LogP contribution in [-0.4, -0.2) is 31.3 Å². The van der Waals surface area contributed by atoms with Crippen LogP contribution in [0.15, 0.2) is 77.9 Å². The van der Waals surface area contributed by atoms with E-state index >= 15 is 0 Å². The number of benzene rings is 3. The summed E-state index contributed by atoms with van der Waals surface area (Å²) in [6.45, 7) is 4.04. The van der Waals surface area contributed by atoms with Gasteiger partial charge in [0.05, 0.1) is 18.4 Å². The number of hydrogen-bond acceptors (Lipinski definition) is 6. The molecule has 1 N–H and O–H groups in total. The predicted octanol–water partition coefficient (Wildman–Crippen LogP) is 4.14. The average Bonchev–Trinajstić information content (AvgIpc) is 2.81. The van der Waals surface area contributed by atoms with E-state index < -0.39 is 5.97 Å². The summed E-state index contributed by atoms with van der Waals surface area (Å²) in [6.07, 6.45) is 1.47. The third-order valence-corrected chi connectivity index (χ3v) is 4.27. The third kappa shape index (κ3) is 6.70. The smallest absolute Gasteiger partial charge is 0.343 e. The van der Waals surface area contributed by atoms with Gasteiger partial charge in [0.1, 0.15) is 5.75 Å². The van der Waals surface area contributed by atoms with Crippen molar-refractivity contribution in [3.05, 3.63) is 89.5 Å². The summed E-state index contributed by atoms with van der Waals surface area (Å²) < 4.78 is 16.5. The number of carbonyl (C=O) groups excluding carboxylic acids is 2. The maximum Gasteiger partial charge on any atom is 0.343 e. The molecule has 7 heteroatoms. The Morgan fingerprint density at radius 3 is 2.41 bits per heavy atom. The van der Waals surface area contributed by atoms with E-state index in [0.29, 0.717) is 35.0 Å². The number of aryl methyl sites for hydroxylation is 1. The first kappa shape index (κ1) is 22.6. The maximum atomic E-state index is 12.3. The lowest BCUT2D eigenvalue weighted by Crippen LogP contribution is -2.24. The van der Waals surface area contributed by atoms with Gasteiger partial charge < -0.3 is 14.2 Å². The molecule has 0 saturated carbocycles. The van der Waals surface area contributed by atoms with Crippen LogP contribution in [0.1, 0.15) is 28.4 Å². The molecule has 0 atom stereocenters. The molecule has 0 aliphatic heterocycles. The van der Waals surface area contributed by atoms with Crippen molar-refractivity contribution in [2.45, 2.75) is 13.8 Å². The lowest BCUT2D eigenvalue weighted by molar-refractivity contribution is -0.123. The van der Waals surface area contributed by atoms with E-state index in [4.69, 9.17) is 14.2 Å². The van der Waals surface area contributed by atoms with E-state index in [0.717, 1.165) is 5.56 Å². The number of esters is 1. The van der Waals surface area contributed by atoms with Crippen LogP contribution in [0.4, 0.5) is 0 Å². The normalized spacial score (nSPS) is 10.6. The average molecular weight is 432 g/mol. The lowest BCUT2D eigenvalue weighted by atomic mass is 10.2. The molecule has 3 aromatic carbocycles. The molecule has 0 bridgehead atoms. The van der Waals surface area contributed by atoms with Crippen molar-refractivity contribution in [2.24, 2.45) is 5.10 Å². The highest BCUT2D eigenvalue weighted by Gasteiger charge is 2.13. The summed E-state index contributed by atoms with van der Waals surface area (Å²) in [6, 6.07) is 21.1. The summed E-state index contributed by atoms with van der Waals surface area (Å²) in [7, 11) is 0. The van der Waals surface area contributed by atoms with E-state index in [1.165, 1.54) is 6.21 Å². The van der Waals surface area contributed by atoms with Gasteiger partial charge >= 0.3 is 5.97 Å². The Balaban J connectivity index is 1.58. The van der Waals surface area contributed by atoms with Crippen molar-refractivity contribution in [1.82, 2.24) is 5.43 Å². The van der Waals surface area contributed by atoms with Crippen LogP contribution in [0.5, 0.6) is 17.2 Å². The van der Waals surface area contributed by atoms with Crippen LogP contribution in [-0.2, 0) is 4.79 Å². The number of rotatable bonds is 9. The molecule has 0 radical (unpaired) electrons. The van der Waals surface area contributed by atoms with Crippen LogP contribution in [0.2, 0.25) is 0 Å². The van der Waals surface area contributed by atoms with Gasteiger partial charge in [-0.05, 0) is 61.9 Å². The number of nitrogens with one attached hydrogen (secondary N) is 1. The first-order chi connectivity index (χ1) is 15.5. The van der Waals surface area contributed by atoms with Gasteiger partial charge in [0.15, 0.2) is 18.1 Å². The Bertz CT molecular complexity index is 1080. The standard InChI is InChI=1S/C25H24N2O5/c1-3-30-23-15-19(11-14-22(23)32-25(29)20-7-5-4-6-8-20)16-26-27-24(28)17-31-21-12-9-18(2)10-13-21/h4-16H,3,17H2,1-2H3,(H,27,28)/b26-16+. The zero-order chi connectivity index (χ0) is 22.8. The second-order valence-corrected chi connectivity index (χ2v) is 6.79. The van der Waals surface area contributed by atoms with Gasteiger partial charge in [-0.15, -0.1) is 0 Å². The molecule has 164 valence electrons. The van der Waals surface area contributed by atoms with Crippen molar-refractivity contribution in [1.29, 1.82) is 0 Å². The molecule has 7 nitrogen and oxygen atoms in total. The molecule has 0 aliphatic rings. The Morgan fingerprint density at radius 1 is 0.938 bits per heavy atom. The predicted molar refractivity (Wildman–Crippen MR) is 121 cm³/mol. The maximum absolute atomic E-state index is 12.3. The van der Waals surface area contributed by atoms with Crippen LogP contribution in [0.3, 0.4) is 0 Å². The van der Waals surface area contributed by atoms with Gasteiger partial charge in [0.25, 0.3) is 5.91 Å². The molecule has 0 aromatic heterocycles. The van der Waals surface area contributed by atoms with Crippen LogP contribution in [0.25, 0.3) is 0 Å². The fourth-order valence-electron chi connectivity index (χ4n) is 2.69. The molecule has 0 saturated heterocycles. The van der Waals surface area contributed by atoms with Crippen molar-refractivity contribution in [2.75, 3.05) is 13.2 Å². The number of hydrazone groups is 1. The Kier molecular flexibility index (Phi) is 7.97. The summed E-state index contributed by atoms with van der Waals surface area (Å²) >= 11 is 0. The minimum Gasteiger partial charge on any atom is -0.490 e. The highest BCUT2D eigenvalue weighted by molar-refractivity contribution is 5.91. The van der Waals surface area contributed by atoms with Gasteiger partial charge in [-0.1, -0.05) is 35.9 Å². The van der Waals surface area contributed by atoms with Gasteiger partial charge in [0, 0.05) is 0 Å². The minimum absolute atomic E-state index is 0.154. The van der Waals surface area contributed by atoms with E-state index in [9.17, 15) is 9.59 Å². The van der Waals surface area contributed by atoms with Crippen molar-refractivity contribution < 1.29 is 23.8 Å². The second-order valence-electron chi connectivity index (χ2n) is 6.79. The van der Waals surface area contributed by atoms with Crippen LogP contribution < -0.4 is 19.6 Å². The Hall–Kier alpha value is -4.13. The third-order valence-electron chi connectivity index (χ3n) is 4.27. The van der Waals surface area contributed by atoms with E-state index in [1.807, 2.05) is 32.0 Å². The van der Waals surface area contributed by atoms with Crippen molar-refractivity contribution in [3.8, 4) is 17.2 Å². The number of ether oxygens (including phenoxy) is 3. The molecular formula is C25H24N2O5. The molecular weight excluding hydrogens is 408 g/mol. The SMILES string of the molecule is CCOc1cc(/C=N/NC(=O)COc2ccc(C)cc2)ccc1OC(=O)c1ccccc1. The zero-order valence-electron chi connectivity index (χ0n) is 17.9. The summed E-state index contributed by atoms with van der Waals surface area (Å²) in [4.78, 5) is 24.2. The van der Waals surface area contributed by atoms with Gasteiger partial charge in [-0.2, -0.15) is 5.10 Å². The molecule has 3 rings (SSSR count). The quantitative estimate of drug-likeness (QED) is 0.238. The van der Waals surface area contributed by atoms with Crippen molar-refractivity contribution in [3.63, 3.8) is 0 Å². The molecule has 0 unspecified atom stereocenters. The van der Waals surface area contributed by atoms with E-state index in [-0.39, 0.29) is 12.5 Å². The van der Waals surface area contributed by atoms with Gasteiger partial charge in [-0.3, -0.25) is 4.79 Å². The van der Waals surface area contributed by atoms with Gasteiger partial charge in [0.2, 0.25) is 0 Å². The lowest BCUT2D eigenvalue weighted by Gasteiger charge is -2.11. The first-order valence-corrected chi connectivity index (χ1v) is 10.1. The summed E-state index contributed by atoms with van der Waals surface area (Å²) in [5.41, 5.74) is 4.62.